The summed E-state index contributed by atoms with van der Waals surface area (Å²) in [5, 5.41) is 9.14. The van der Waals surface area contributed by atoms with Gasteiger partial charge in [-0.2, -0.15) is 18.4 Å². The summed E-state index contributed by atoms with van der Waals surface area (Å²) in [7, 11) is 0. The second-order valence-electron chi connectivity index (χ2n) is 8.32. The first-order chi connectivity index (χ1) is 14.9. The van der Waals surface area contributed by atoms with Crippen molar-refractivity contribution in [2.24, 2.45) is 0 Å². The zero-order chi connectivity index (χ0) is 23.8. The Bertz CT molecular complexity index is 981. The molecule has 0 unspecified atom stereocenters. The molecule has 2 saturated heterocycles. The van der Waals surface area contributed by atoms with Gasteiger partial charge in [-0.1, -0.05) is 0 Å². The Balaban J connectivity index is 1.79. The molecule has 7 nitrogen and oxygen atoms in total. The molecule has 0 aliphatic carbocycles. The topological polar surface area (TPSA) is 70.9 Å². The summed E-state index contributed by atoms with van der Waals surface area (Å²) in [6.45, 7) is 8.56. The minimum absolute atomic E-state index is 0.0167. The molecule has 0 saturated carbocycles. The van der Waals surface area contributed by atoms with Crippen molar-refractivity contribution >= 4 is 34.8 Å². The van der Waals surface area contributed by atoms with Gasteiger partial charge >= 0.3 is 6.18 Å². The second kappa shape index (κ2) is 8.67. The number of carbonyl (C=O) groups is 2. The number of nitrogens with zero attached hydrogens (tertiary/aromatic N) is 5. The van der Waals surface area contributed by atoms with Crippen molar-refractivity contribution in [1.82, 2.24) is 14.7 Å². The molecule has 0 bridgehead atoms. The molecular formula is C21H24F3N5O2S. The van der Waals surface area contributed by atoms with E-state index >= 15 is 0 Å². The lowest BCUT2D eigenvalue weighted by Gasteiger charge is -2.36. The van der Waals surface area contributed by atoms with E-state index in [-0.39, 0.29) is 16.7 Å². The number of hydrogen-bond acceptors (Lipinski definition) is 5. The summed E-state index contributed by atoms with van der Waals surface area (Å²) < 4.78 is 40.2. The second-order valence-corrected chi connectivity index (χ2v) is 8.69. The maximum absolute atomic E-state index is 13.4. The summed E-state index contributed by atoms with van der Waals surface area (Å²) in [5.41, 5.74) is -2.67. The molecule has 0 radical (unpaired) electrons. The molecule has 172 valence electrons. The van der Waals surface area contributed by atoms with Gasteiger partial charge in [-0.3, -0.25) is 19.4 Å². The van der Waals surface area contributed by atoms with E-state index in [0.717, 1.165) is 17.0 Å². The lowest BCUT2D eigenvalue weighted by atomic mass is 10.0. The van der Waals surface area contributed by atoms with Crippen LogP contribution in [0.25, 0.3) is 0 Å². The van der Waals surface area contributed by atoms with Crippen LogP contribution in [-0.4, -0.2) is 76.4 Å². The summed E-state index contributed by atoms with van der Waals surface area (Å²) in [5.74, 6) is -0.393. The van der Waals surface area contributed by atoms with Crippen molar-refractivity contribution in [2.75, 3.05) is 44.2 Å². The number of rotatable bonds is 4. The molecule has 1 aromatic rings. The number of halogens is 3. The van der Waals surface area contributed by atoms with Gasteiger partial charge < -0.3 is 9.80 Å². The van der Waals surface area contributed by atoms with Gasteiger partial charge in [-0.15, -0.1) is 0 Å². The van der Waals surface area contributed by atoms with E-state index in [0.29, 0.717) is 39.3 Å². The van der Waals surface area contributed by atoms with Gasteiger partial charge in [0, 0.05) is 46.2 Å². The van der Waals surface area contributed by atoms with E-state index in [1.165, 1.54) is 19.1 Å². The average Bonchev–Trinajstić information content (AvgIpc) is 2.89. The first-order valence-electron chi connectivity index (χ1n) is 10.1. The molecular weight excluding hydrogens is 443 g/mol. The molecule has 1 aromatic carbocycles. The monoisotopic (exact) mass is 467 g/mol. The maximum atomic E-state index is 13.4. The molecule has 32 heavy (non-hydrogen) atoms. The van der Waals surface area contributed by atoms with E-state index in [2.05, 4.69) is 4.90 Å². The van der Waals surface area contributed by atoms with E-state index < -0.39 is 28.7 Å². The summed E-state index contributed by atoms with van der Waals surface area (Å²) in [4.78, 5) is 31.4. The number of nitriles is 1. The molecule has 0 N–H and O–H groups in total. The number of benzene rings is 1. The quantitative estimate of drug-likeness (QED) is 0.634. The first kappa shape index (κ1) is 23.9. The Morgan fingerprint density at radius 1 is 1.19 bits per heavy atom. The number of hydrogen-bond donors (Lipinski definition) is 0. The molecule has 2 aliphatic heterocycles. The van der Waals surface area contributed by atoms with Crippen molar-refractivity contribution in [3.63, 3.8) is 0 Å². The fourth-order valence-electron chi connectivity index (χ4n) is 3.97. The number of amides is 2. The molecule has 3 rings (SSSR count). The molecule has 2 amide bonds. The van der Waals surface area contributed by atoms with Gasteiger partial charge in [0.15, 0.2) is 5.11 Å². The van der Waals surface area contributed by atoms with E-state index in [4.69, 9.17) is 17.5 Å². The fraction of sp³-hybridized carbons (Fsp3) is 0.524. The molecule has 2 fully saturated rings. The van der Waals surface area contributed by atoms with Crippen LogP contribution in [0.3, 0.4) is 0 Å². The van der Waals surface area contributed by atoms with Crippen molar-refractivity contribution < 1.29 is 22.8 Å². The lowest BCUT2D eigenvalue weighted by Crippen LogP contribution is -2.52. The van der Waals surface area contributed by atoms with Crippen LogP contribution in [-0.2, 0) is 15.8 Å². The molecule has 0 atom stereocenters. The van der Waals surface area contributed by atoms with E-state index in [1.54, 1.807) is 23.6 Å². The van der Waals surface area contributed by atoms with Crippen LogP contribution in [0.4, 0.5) is 18.9 Å². The summed E-state index contributed by atoms with van der Waals surface area (Å²) in [6.07, 6.45) is -4.73. The third-order valence-electron chi connectivity index (χ3n) is 5.97. The van der Waals surface area contributed by atoms with Crippen LogP contribution < -0.4 is 4.90 Å². The van der Waals surface area contributed by atoms with E-state index in [1.807, 2.05) is 0 Å². The van der Waals surface area contributed by atoms with Crippen LogP contribution in [0.2, 0.25) is 0 Å². The highest BCUT2D eigenvalue weighted by atomic mass is 32.1. The molecule has 2 heterocycles. The van der Waals surface area contributed by atoms with Gasteiger partial charge in [0.05, 0.1) is 22.9 Å². The first-order valence-corrected chi connectivity index (χ1v) is 10.5. The SMILES string of the molecule is CC(=O)N1CCN(CCN2C(=S)N(c3ccc(C#N)c(C(F)(F)F)c3)C(=O)C2(C)C)CC1. The van der Waals surface area contributed by atoms with Gasteiger partial charge in [0.2, 0.25) is 5.91 Å². The summed E-state index contributed by atoms with van der Waals surface area (Å²) >= 11 is 5.50. The van der Waals surface area contributed by atoms with Gasteiger partial charge in [0.25, 0.3) is 5.91 Å². The largest absolute Gasteiger partial charge is 0.417 e. The van der Waals surface area contributed by atoms with Gasteiger partial charge in [-0.05, 0) is 44.3 Å². The Kier molecular flexibility index (Phi) is 6.49. The standard InChI is InChI=1S/C21H24F3N5O2S/c1-14(30)27-9-6-26(7-10-27)8-11-28-19(32)29(18(31)20(28,2)3)16-5-4-15(13-25)17(12-16)21(22,23)24/h4-5,12H,6-11H2,1-3H3. The number of piperazine rings is 1. The van der Waals surface area contributed by atoms with E-state index in [9.17, 15) is 22.8 Å². The van der Waals surface area contributed by atoms with Crippen LogP contribution in [0.15, 0.2) is 18.2 Å². The highest BCUT2D eigenvalue weighted by molar-refractivity contribution is 7.80. The third-order valence-corrected chi connectivity index (χ3v) is 6.37. The zero-order valence-corrected chi connectivity index (χ0v) is 18.9. The van der Waals surface area contributed by atoms with Crippen LogP contribution in [0, 0.1) is 11.3 Å². The highest BCUT2D eigenvalue weighted by Crippen LogP contribution is 2.37. The van der Waals surface area contributed by atoms with Gasteiger partial charge in [-0.25, -0.2) is 0 Å². The average molecular weight is 468 g/mol. The lowest BCUT2D eigenvalue weighted by molar-refractivity contribution is -0.137. The minimum atomic E-state index is -4.73. The van der Waals surface area contributed by atoms with Crippen LogP contribution in [0.5, 0.6) is 0 Å². The van der Waals surface area contributed by atoms with Crippen molar-refractivity contribution in [1.29, 1.82) is 5.26 Å². The van der Waals surface area contributed by atoms with Crippen molar-refractivity contribution in [3.8, 4) is 6.07 Å². The normalized spacial score (nSPS) is 19.5. The van der Waals surface area contributed by atoms with Crippen molar-refractivity contribution in [3.05, 3.63) is 29.3 Å². The predicted octanol–water partition coefficient (Wildman–Crippen LogP) is 2.45. The Morgan fingerprint density at radius 2 is 1.81 bits per heavy atom. The molecule has 2 aliphatic rings. The van der Waals surface area contributed by atoms with Crippen LogP contribution >= 0.6 is 12.2 Å². The number of anilines is 1. The van der Waals surface area contributed by atoms with Crippen molar-refractivity contribution in [2.45, 2.75) is 32.5 Å². The Hall–Kier alpha value is -2.71. The minimum Gasteiger partial charge on any atom is -0.340 e. The van der Waals surface area contributed by atoms with Gasteiger partial charge in [0.1, 0.15) is 5.54 Å². The smallest absolute Gasteiger partial charge is 0.340 e. The Labute approximate surface area is 190 Å². The fourth-order valence-corrected chi connectivity index (χ4v) is 4.48. The predicted molar refractivity (Wildman–Crippen MR) is 116 cm³/mol. The Morgan fingerprint density at radius 3 is 2.34 bits per heavy atom. The molecule has 0 aromatic heterocycles. The zero-order valence-electron chi connectivity index (χ0n) is 18.1. The number of thiocarbonyl (C=S) groups is 1. The number of carbonyl (C=O) groups excluding carboxylic acids is 2. The maximum Gasteiger partial charge on any atom is 0.417 e. The molecule has 11 heteroatoms. The molecule has 0 spiro atoms. The third kappa shape index (κ3) is 4.42. The summed E-state index contributed by atoms with van der Waals surface area (Å²) in [6, 6.07) is 4.69. The number of alkyl halides is 3. The highest BCUT2D eigenvalue weighted by Gasteiger charge is 2.49. The van der Waals surface area contributed by atoms with Crippen LogP contribution in [0.1, 0.15) is 31.9 Å².